The number of hydrogen-bond acceptors (Lipinski definition) is 4. The van der Waals surface area contributed by atoms with Crippen LogP contribution >= 0.6 is 11.3 Å². The van der Waals surface area contributed by atoms with Gasteiger partial charge in [-0.3, -0.25) is 0 Å². The molecular formula is C13H22N2OS. The van der Waals surface area contributed by atoms with Gasteiger partial charge in [0.15, 0.2) is 0 Å². The van der Waals surface area contributed by atoms with E-state index < -0.39 is 0 Å². The van der Waals surface area contributed by atoms with Gasteiger partial charge in [0.05, 0.1) is 6.61 Å². The van der Waals surface area contributed by atoms with Crippen LogP contribution in [0.25, 0.3) is 0 Å². The number of hydrogen-bond donors (Lipinski definition) is 1. The highest BCUT2D eigenvalue weighted by Gasteiger charge is 2.21. The Bertz CT molecular complexity index is 302. The summed E-state index contributed by atoms with van der Waals surface area (Å²) in [5.74, 6) is 0.747. The van der Waals surface area contributed by atoms with Crippen LogP contribution in [0.2, 0.25) is 0 Å². The van der Waals surface area contributed by atoms with Crippen LogP contribution < -0.4 is 5.32 Å². The molecule has 1 unspecified atom stereocenters. The third kappa shape index (κ3) is 4.39. The largest absolute Gasteiger partial charge is 0.384 e. The smallest absolute Gasteiger partial charge is 0.0503 e. The lowest BCUT2D eigenvalue weighted by Gasteiger charge is -2.15. The van der Waals surface area contributed by atoms with E-state index in [0.717, 1.165) is 32.2 Å². The second kappa shape index (κ2) is 7.11. The van der Waals surface area contributed by atoms with Gasteiger partial charge in [0.2, 0.25) is 0 Å². The van der Waals surface area contributed by atoms with Gasteiger partial charge in [-0.2, -0.15) is 0 Å². The van der Waals surface area contributed by atoms with Gasteiger partial charge in [-0.1, -0.05) is 6.07 Å². The van der Waals surface area contributed by atoms with Gasteiger partial charge >= 0.3 is 0 Å². The molecule has 0 bridgehead atoms. The number of rotatable bonds is 7. The Balaban J connectivity index is 1.54. The predicted octanol–water partition coefficient (Wildman–Crippen LogP) is 1.81. The summed E-state index contributed by atoms with van der Waals surface area (Å²) in [6.07, 6.45) is 1.29. The van der Waals surface area contributed by atoms with Crippen molar-refractivity contribution in [2.24, 2.45) is 5.92 Å². The topological polar surface area (TPSA) is 24.5 Å². The zero-order valence-electron chi connectivity index (χ0n) is 10.5. The van der Waals surface area contributed by atoms with E-state index in [1.54, 1.807) is 7.11 Å². The molecule has 1 atom stereocenters. The van der Waals surface area contributed by atoms with Crippen molar-refractivity contribution in [2.75, 3.05) is 39.9 Å². The van der Waals surface area contributed by atoms with Crippen molar-refractivity contribution in [3.05, 3.63) is 22.4 Å². The van der Waals surface area contributed by atoms with Crippen LogP contribution in [0.5, 0.6) is 0 Å². The Morgan fingerprint density at radius 3 is 3.29 bits per heavy atom. The maximum absolute atomic E-state index is 5.21. The fourth-order valence-electron chi connectivity index (χ4n) is 2.35. The van der Waals surface area contributed by atoms with Crippen LogP contribution in [-0.2, 0) is 11.3 Å². The molecule has 1 fully saturated rings. The Morgan fingerprint density at radius 2 is 2.53 bits per heavy atom. The molecule has 1 aliphatic heterocycles. The Morgan fingerprint density at radius 1 is 1.59 bits per heavy atom. The highest BCUT2D eigenvalue weighted by molar-refractivity contribution is 7.09. The minimum Gasteiger partial charge on any atom is -0.384 e. The SMILES string of the molecule is COCC1CCN(CCNCc2cccs2)C1. The molecule has 96 valence electrons. The van der Waals surface area contributed by atoms with Gasteiger partial charge < -0.3 is 15.0 Å². The normalized spacial score (nSPS) is 21.1. The van der Waals surface area contributed by atoms with Crippen molar-refractivity contribution in [3.8, 4) is 0 Å². The number of methoxy groups -OCH3 is 1. The van der Waals surface area contributed by atoms with Crippen LogP contribution in [0.1, 0.15) is 11.3 Å². The number of nitrogens with zero attached hydrogens (tertiary/aromatic N) is 1. The van der Waals surface area contributed by atoms with Crippen LogP contribution in [0.15, 0.2) is 17.5 Å². The van der Waals surface area contributed by atoms with E-state index in [-0.39, 0.29) is 0 Å². The predicted molar refractivity (Wildman–Crippen MR) is 72.4 cm³/mol. The molecule has 0 spiro atoms. The summed E-state index contributed by atoms with van der Waals surface area (Å²) in [4.78, 5) is 3.95. The lowest BCUT2D eigenvalue weighted by Crippen LogP contribution is -2.30. The molecule has 17 heavy (non-hydrogen) atoms. The van der Waals surface area contributed by atoms with Gasteiger partial charge in [0.25, 0.3) is 0 Å². The number of thiophene rings is 1. The third-order valence-electron chi connectivity index (χ3n) is 3.26. The van der Waals surface area contributed by atoms with E-state index in [0.29, 0.717) is 0 Å². The molecule has 1 N–H and O–H groups in total. The highest BCUT2D eigenvalue weighted by atomic mass is 32.1. The Labute approximate surface area is 108 Å². The van der Waals surface area contributed by atoms with Crippen LogP contribution in [0.3, 0.4) is 0 Å². The minimum absolute atomic E-state index is 0.747. The van der Waals surface area contributed by atoms with Crippen molar-refractivity contribution >= 4 is 11.3 Å². The summed E-state index contributed by atoms with van der Waals surface area (Å²) >= 11 is 1.82. The molecule has 1 saturated heterocycles. The molecule has 0 aromatic carbocycles. The van der Waals surface area contributed by atoms with E-state index in [1.165, 1.54) is 24.4 Å². The molecule has 1 aliphatic rings. The molecule has 0 amide bonds. The lowest BCUT2D eigenvalue weighted by molar-refractivity contribution is 0.153. The minimum atomic E-state index is 0.747. The third-order valence-corrected chi connectivity index (χ3v) is 4.13. The lowest BCUT2D eigenvalue weighted by atomic mass is 10.1. The van der Waals surface area contributed by atoms with Gasteiger partial charge in [0.1, 0.15) is 0 Å². The molecule has 0 radical (unpaired) electrons. The van der Waals surface area contributed by atoms with Crippen molar-refractivity contribution in [1.82, 2.24) is 10.2 Å². The monoisotopic (exact) mass is 254 g/mol. The molecule has 0 saturated carbocycles. The summed E-state index contributed by atoms with van der Waals surface area (Å²) in [7, 11) is 1.80. The fraction of sp³-hybridized carbons (Fsp3) is 0.692. The molecule has 1 aromatic rings. The summed E-state index contributed by atoms with van der Waals surface area (Å²) in [5, 5.41) is 5.63. The van der Waals surface area contributed by atoms with Gasteiger partial charge in [-0.25, -0.2) is 0 Å². The van der Waals surface area contributed by atoms with Crippen LogP contribution in [-0.4, -0.2) is 44.8 Å². The molecule has 0 aliphatic carbocycles. The molecule has 3 nitrogen and oxygen atoms in total. The van der Waals surface area contributed by atoms with Gasteiger partial charge in [-0.15, -0.1) is 11.3 Å². The molecule has 2 rings (SSSR count). The highest BCUT2D eigenvalue weighted by Crippen LogP contribution is 2.15. The van der Waals surface area contributed by atoms with E-state index in [4.69, 9.17) is 4.74 Å². The Hall–Kier alpha value is -0.420. The van der Waals surface area contributed by atoms with E-state index in [2.05, 4.69) is 27.7 Å². The maximum Gasteiger partial charge on any atom is 0.0503 e. The first-order chi connectivity index (χ1) is 8.38. The average Bonchev–Trinajstić information content (AvgIpc) is 2.96. The molecule has 2 heterocycles. The average molecular weight is 254 g/mol. The summed E-state index contributed by atoms with van der Waals surface area (Å²) < 4.78 is 5.21. The van der Waals surface area contributed by atoms with Crippen LogP contribution in [0, 0.1) is 5.92 Å². The maximum atomic E-state index is 5.21. The van der Waals surface area contributed by atoms with Crippen LogP contribution in [0.4, 0.5) is 0 Å². The fourth-order valence-corrected chi connectivity index (χ4v) is 3.02. The Kier molecular flexibility index (Phi) is 5.45. The van der Waals surface area contributed by atoms with Crippen molar-refractivity contribution < 1.29 is 4.74 Å². The number of nitrogens with one attached hydrogen (secondary N) is 1. The van der Waals surface area contributed by atoms with Crippen molar-refractivity contribution in [3.63, 3.8) is 0 Å². The second-order valence-electron chi connectivity index (χ2n) is 4.67. The van der Waals surface area contributed by atoms with E-state index >= 15 is 0 Å². The zero-order valence-corrected chi connectivity index (χ0v) is 11.3. The van der Waals surface area contributed by atoms with E-state index in [9.17, 15) is 0 Å². The first kappa shape index (κ1) is 13.0. The quantitative estimate of drug-likeness (QED) is 0.751. The van der Waals surface area contributed by atoms with Gasteiger partial charge in [-0.05, 0) is 30.3 Å². The summed E-state index contributed by atoms with van der Waals surface area (Å²) in [5.41, 5.74) is 0. The number of ether oxygens (including phenoxy) is 1. The zero-order chi connectivity index (χ0) is 11.9. The molecule has 1 aromatic heterocycles. The first-order valence-electron chi connectivity index (χ1n) is 6.33. The number of likely N-dealkylation sites (tertiary alicyclic amines) is 1. The first-order valence-corrected chi connectivity index (χ1v) is 7.21. The summed E-state index contributed by atoms with van der Waals surface area (Å²) in [6, 6.07) is 4.29. The molecular weight excluding hydrogens is 232 g/mol. The van der Waals surface area contributed by atoms with Crippen molar-refractivity contribution in [2.45, 2.75) is 13.0 Å². The summed E-state index contributed by atoms with van der Waals surface area (Å²) in [6.45, 7) is 6.60. The molecule has 4 heteroatoms. The standard InChI is InChI=1S/C13H22N2OS/c1-16-11-12-4-6-15(10-12)7-5-14-9-13-3-2-8-17-13/h2-3,8,12,14H,4-7,9-11H2,1H3. The van der Waals surface area contributed by atoms with Crippen molar-refractivity contribution in [1.29, 1.82) is 0 Å². The van der Waals surface area contributed by atoms with E-state index in [1.807, 2.05) is 11.3 Å². The van der Waals surface area contributed by atoms with Gasteiger partial charge in [0, 0.05) is 38.2 Å². The second-order valence-corrected chi connectivity index (χ2v) is 5.70.